The third kappa shape index (κ3) is 1.58. The molecule has 2 aromatic rings. The second kappa shape index (κ2) is 4.59. The van der Waals surface area contributed by atoms with E-state index in [0.29, 0.717) is 11.8 Å². The molecule has 0 spiro atoms. The van der Waals surface area contributed by atoms with Crippen molar-refractivity contribution in [1.29, 1.82) is 0 Å². The summed E-state index contributed by atoms with van der Waals surface area (Å²) >= 11 is 0. The average Bonchev–Trinajstić information content (AvgIpc) is 2.77. The Labute approximate surface area is 133 Å². The number of hydrogen-bond acceptors (Lipinski definition) is 1. The lowest BCUT2D eigenvalue weighted by molar-refractivity contribution is 0.559. The average molecular weight is 310 g/mol. The summed E-state index contributed by atoms with van der Waals surface area (Å²) in [4.78, 5) is 0. The molecule has 0 N–H and O–H groups in total. The van der Waals surface area contributed by atoms with Crippen LogP contribution in [-0.2, 0) is 4.57 Å². The normalized spacial score (nSPS) is 28.6. The van der Waals surface area contributed by atoms with Gasteiger partial charge in [-0.05, 0) is 40.5 Å². The third-order valence-corrected chi connectivity index (χ3v) is 9.27. The van der Waals surface area contributed by atoms with Gasteiger partial charge in [0.2, 0.25) is 0 Å². The fourth-order valence-corrected chi connectivity index (χ4v) is 8.46. The second-order valence-electron chi connectivity index (χ2n) is 7.28. The van der Waals surface area contributed by atoms with Crippen LogP contribution in [0.3, 0.4) is 0 Å². The van der Waals surface area contributed by atoms with E-state index in [1.807, 2.05) is 6.07 Å². The van der Waals surface area contributed by atoms with E-state index in [1.54, 1.807) is 0 Å². The van der Waals surface area contributed by atoms with Crippen LogP contribution in [0.25, 0.3) is 11.1 Å². The Morgan fingerprint density at radius 3 is 2.50 bits per heavy atom. The summed E-state index contributed by atoms with van der Waals surface area (Å²) < 4.78 is 14.2. The van der Waals surface area contributed by atoms with Crippen LogP contribution in [0.5, 0.6) is 0 Å². The molecule has 3 atom stereocenters. The van der Waals surface area contributed by atoms with Crippen molar-refractivity contribution in [3.63, 3.8) is 0 Å². The molecule has 2 aliphatic rings. The lowest BCUT2D eigenvalue weighted by atomic mass is 9.85. The summed E-state index contributed by atoms with van der Waals surface area (Å²) in [6, 6.07) is 12.9. The van der Waals surface area contributed by atoms with Crippen LogP contribution in [0.15, 0.2) is 36.4 Å². The molecule has 1 nitrogen and oxygen atoms in total. The molecule has 3 unspecified atom stereocenters. The number of rotatable bonds is 1. The molecular weight excluding hydrogens is 287 g/mol. The third-order valence-electron chi connectivity index (χ3n) is 5.57. The molecule has 0 aliphatic carbocycles. The van der Waals surface area contributed by atoms with Gasteiger partial charge in [-0.1, -0.05) is 64.1 Å². The van der Waals surface area contributed by atoms with Gasteiger partial charge in [0.15, 0.2) is 0 Å². The quantitative estimate of drug-likeness (QED) is 0.677. The molecule has 0 saturated heterocycles. The number of fused-ring (bicyclic) bond motifs is 3. The van der Waals surface area contributed by atoms with Gasteiger partial charge in [0.05, 0.1) is 0 Å². The van der Waals surface area contributed by atoms with Crippen LogP contribution in [0.2, 0.25) is 0 Å². The highest BCUT2D eigenvalue weighted by Crippen LogP contribution is 2.63. The van der Waals surface area contributed by atoms with Crippen molar-refractivity contribution in [2.45, 2.75) is 51.6 Å². The first-order valence-corrected chi connectivity index (χ1v) is 10.1. The van der Waals surface area contributed by atoms with Crippen molar-refractivity contribution in [1.82, 2.24) is 0 Å². The smallest absolute Gasteiger partial charge is 0.147 e. The predicted molar refractivity (Wildman–Crippen MR) is 95.3 cm³/mol. The van der Waals surface area contributed by atoms with Crippen molar-refractivity contribution < 1.29 is 4.57 Å². The standard InChI is InChI=1S/C20H23OP/c1-12(2)15-9-10-17-16-7-5-6-8-18(16)22(21)14(4)11-13(3)19(15)20(17)22/h5-10,12-14H,11H2,1-4H3. The minimum atomic E-state index is -2.48. The zero-order valence-electron chi connectivity index (χ0n) is 13.8. The summed E-state index contributed by atoms with van der Waals surface area (Å²) in [7, 11) is -2.48. The minimum absolute atomic E-state index is 0.250. The SMILES string of the molecule is CC(C)c1ccc2c3c1C(C)CC(C)P3(=O)c1ccccc1-2. The molecule has 22 heavy (non-hydrogen) atoms. The van der Waals surface area contributed by atoms with E-state index in [9.17, 15) is 4.57 Å². The molecule has 0 radical (unpaired) electrons. The van der Waals surface area contributed by atoms with Gasteiger partial charge in [0.1, 0.15) is 7.14 Å². The lowest BCUT2D eigenvalue weighted by Gasteiger charge is -2.35. The molecule has 0 amide bonds. The van der Waals surface area contributed by atoms with E-state index in [1.165, 1.54) is 27.6 Å². The summed E-state index contributed by atoms with van der Waals surface area (Å²) in [5, 5.41) is 2.30. The first-order valence-electron chi connectivity index (χ1n) is 8.33. The highest BCUT2D eigenvalue weighted by atomic mass is 31.2. The summed E-state index contributed by atoms with van der Waals surface area (Å²) in [5.74, 6) is 0.979. The summed E-state index contributed by atoms with van der Waals surface area (Å²) in [6.07, 6.45) is 1.03. The van der Waals surface area contributed by atoms with Gasteiger partial charge in [0.25, 0.3) is 0 Å². The van der Waals surface area contributed by atoms with Gasteiger partial charge >= 0.3 is 0 Å². The minimum Gasteiger partial charge on any atom is -0.313 e. The summed E-state index contributed by atoms with van der Waals surface area (Å²) in [6.45, 7) is 8.99. The van der Waals surface area contributed by atoms with Crippen LogP contribution in [0.1, 0.15) is 57.1 Å². The Balaban J connectivity index is 2.16. The van der Waals surface area contributed by atoms with E-state index in [0.717, 1.165) is 11.7 Å². The molecule has 0 bridgehead atoms. The van der Waals surface area contributed by atoms with Crippen LogP contribution < -0.4 is 10.6 Å². The Morgan fingerprint density at radius 1 is 1.05 bits per heavy atom. The van der Waals surface area contributed by atoms with E-state index in [-0.39, 0.29) is 5.66 Å². The largest absolute Gasteiger partial charge is 0.313 e. The van der Waals surface area contributed by atoms with Gasteiger partial charge in [-0.15, -0.1) is 0 Å². The van der Waals surface area contributed by atoms with Crippen molar-refractivity contribution >= 4 is 17.8 Å². The molecule has 2 heterocycles. The molecule has 2 aliphatic heterocycles. The number of benzene rings is 2. The number of hydrogen-bond donors (Lipinski definition) is 0. The maximum Gasteiger partial charge on any atom is 0.147 e. The fraction of sp³-hybridized carbons (Fsp3) is 0.400. The van der Waals surface area contributed by atoms with Crippen molar-refractivity contribution in [2.75, 3.05) is 0 Å². The predicted octanol–water partition coefficient (Wildman–Crippen LogP) is 5.00. The van der Waals surface area contributed by atoms with Crippen molar-refractivity contribution in [3.05, 3.63) is 47.5 Å². The second-order valence-corrected chi connectivity index (χ2v) is 10.4. The van der Waals surface area contributed by atoms with Gasteiger partial charge in [0, 0.05) is 16.3 Å². The molecular formula is C20H23OP. The molecule has 0 saturated carbocycles. The van der Waals surface area contributed by atoms with E-state index in [2.05, 4.69) is 58.0 Å². The van der Waals surface area contributed by atoms with Crippen molar-refractivity contribution in [3.8, 4) is 11.1 Å². The first-order chi connectivity index (χ1) is 10.5. The van der Waals surface area contributed by atoms with E-state index in [4.69, 9.17) is 0 Å². The van der Waals surface area contributed by atoms with Crippen LogP contribution in [-0.4, -0.2) is 5.66 Å². The topological polar surface area (TPSA) is 17.1 Å². The van der Waals surface area contributed by atoms with E-state index < -0.39 is 7.14 Å². The molecule has 0 fully saturated rings. The zero-order chi connectivity index (χ0) is 15.6. The Bertz CT molecular complexity index is 818. The molecule has 114 valence electrons. The molecule has 0 aromatic heterocycles. The fourth-order valence-electron chi connectivity index (χ4n) is 4.57. The monoisotopic (exact) mass is 310 g/mol. The Hall–Kier alpha value is -1.33. The van der Waals surface area contributed by atoms with Gasteiger partial charge in [-0.3, -0.25) is 0 Å². The lowest BCUT2D eigenvalue weighted by Crippen LogP contribution is -2.31. The molecule has 4 rings (SSSR count). The first kappa shape index (κ1) is 14.3. The Kier molecular flexibility index (Phi) is 2.97. The zero-order valence-corrected chi connectivity index (χ0v) is 14.7. The van der Waals surface area contributed by atoms with Gasteiger partial charge in [-0.2, -0.15) is 0 Å². The maximum atomic E-state index is 14.2. The van der Waals surface area contributed by atoms with Gasteiger partial charge < -0.3 is 4.57 Å². The van der Waals surface area contributed by atoms with Crippen LogP contribution >= 0.6 is 7.14 Å². The Morgan fingerprint density at radius 2 is 1.77 bits per heavy atom. The van der Waals surface area contributed by atoms with E-state index >= 15 is 0 Å². The molecule has 2 aromatic carbocycles. The summed E-state index contributed by atoms with van der Waals surface area (Å²) in [5.41, 5.74) is 5.48. The molecule has 2 heteroatoms. The highest BCUT2D eigenvalue weighted by Gasteiger charge is 2.48. The van der Waals surface area contributed by atoms with Crippen LogP contribution in [0.4, 0.5) is 0 Å². The van der Waals surface area contributed by atoms with Gasteiger partial charge in [-0.25, -0.2) is 0 Å². The van der Waals surface area contributed by atoms with Crippen molar-refractivity contribution in [2.24, 2.45) is 0 Å². The highest BCUT2D eigenvalue weighted by molar-refractivity contribution is 7.80. The van der Waals surface area contributed by atoms with Crippen LogP contribution in [0, 0.1) is 0 Å². The maximum absolute atomic E-state index is 14.2.